The van der Waals surface area contributed by atoms with E-state index in [9.17, 15) is 20.1 Å². The quantitative estimate of drug-likeness (QED) is 0.0530. The fourth-order valence-corrected chi connectivity index (χ4v) is 5.13. The van der Waals surface area contributed by atoms with Crippen LogP contribution in [0, 0.1) is 0 Å². The molecular weight excluding hydrogens is 486 g/mol. The van der Waals surface area contributed by atoms with Crippen LogP contribution in [0.5, 0.6) is 0 Å². The van der Waals surface area contributed by atoms with Gasteiger partial charge in [-0.1, -0.05) is 167 Å². The van der Waals surface area contributed by atoms with Crippen LogP contribution >= 0.6 is 0 Å². The van der Waals surface area contributed by atoms with Crippen LogP contribution in [0.3, 0.4) is 0 Å². The number of carbonyl (C=O) groups excluding carboxylic acids is 1. The lowest BCUT2D eigenvalue weighted by Crippen LogP contribution is -2.45. The van der Waals surface area contributed by atoms with E-state index in [0.29, 0.717) is 12.8 Å². The largest absolute Gasteiger partial charge is 0.394 e. The molecule has 5 heteroatoms. The first-order chi connectivity index (χ1) is 19.0. The molecule has 0 aliphatic rings. The van der Waals surface area contributed by atoms with Gasteiger partial charge in [0.15, 0.2) is 0 Å². The molecule has 232 valence electrons. The van der Waals surface area contributed by atoms with E-state index in [2.05, 4.69) is 19.2 Å². The Labute approximate surface area is 242 Å². The van der Waals surface area contributed by atoms with E-state index in [1.807, 2.05) is 0 Å². The normalized spacial score (nSPS) is 14.1. The van der Waals surface area contributed by atoms with E-state index >= 15 is 0 Å². The third kappa shape index (κ3) is 27.0. The van der Waals surface area contributed by atoms with E-state index in [1.54, 1.807) is 6.08 Å². The lowest BCUT2D eigenvalue weighted by molar-refractivity contribution is -0.123. The van der Waals surface area contributed by atoms with Gasteiger partial charge in [-0.15, -0.1) is 0 Å². The Morgan fingerprint density at radius 2 is 0.974 bits per heavy atom. The van der Waals surface area contributed by atoms with Crippen molar-refractivity contribution in [2.75, 3.05) is 6.61 Å². The van der Waals surface area contributed by atoms with Gasteiger partial charge in [0.25, 0.3) is 0 Å². The van der Waals surface area contributed by atoms with Crippen LogP contribution in [0.4, 0.5) is 0 Å². The summed E-state index contributed by atoms with van der Waals surface area (Å²) in [6.07, 6.45) is 31.7. The highest BCUT2D eigenvalue weighted by atomic mass is 16.3. The first-order valence-corrected chi connectivity index (χ1v) is 17.0. The van der Waals surface area contributed by atoms with Crippen LogP contribution < -0.4 is 5.32 Å². The Morgan fingerprint density at radius 3 is 1.38 bits per heavy atom. The number of aliphatic hydroxyl groups is 3. The second kappa shape index (κ2) is 30.1. The molecule has 0 spiro atoms. The second-order valence-electron chi connectivity index (χ2n) is 11.8. The zero-order valence-electron chi connectivity index (χ0n) is 26.0. The van der Waals surface area contributed by atoms with Crippen molar-refractivity contribution in [3.8, 4) is 0 Å². The summed E-state index contributed by atoms with van der Waals surface area (Å²) in [4.78, 5) is 12.3. The third-order valence-electron chi connectivity index (χ3n) is 7.85. The van der Waals surface area contributed by atoms with E-state index in [-0.39, 0.29) is 12.5 Å². The van der Waals surface area contributed by atoms with Crippen LogP contribution in [-0.4, -0.2) is 46.1 Å². The van der Waals surface area contributed by atoms with Crippen molar-refractivity contribution in [2.45, 2.75) is 193 Å². The van der Waals surface area contributed by atoms with Crippen molar-refractivity contribution in [1.82, 2.24) is 5.32 Å². The van der Waals surface area contributed by atoms with Gasteiger partial charge in [-0.2, -0.15) is 0 Å². The van der Waals surface area contributed by atoms with Gasteiger partial charge in [0.05, 0.1) is 24.9 Å². The molecule has 0 saturated heterocycles. The van der Waals surface area contributed by atoms with Crippen molar-refractivity contribution in [3.63, 3.8) is 0 Å². The summed E-state index contributed by atoms with van der Waals surface area (Å²) >= 11 is 0. The Hall–Kier alpha value is -0.910. The van der Waals surface area contributed by atoms with E-state index in [1.165, 1.54) is 122 Å². The monoisotopic (exact) mass is 554 g/mol. The average Bonchev–Trinajstić information content (AvgIpc) is 2.93. The Balaban J connectivity index is 3.77. The van der Waals surface area contributed by atoms with E-state index in [0.717, 1.165) is 32.1 Å². The topological polar surface area (TPSA) is 89.8 Å². The highest BCUT2D eigenvalue weighted by molar-refractivity contribution is 5.76. The molecule has 39 heavy (non-hydrogen) atoms. The predicted octanol–water partition coefficient (Wildman–Crippen LogP) is 8.53. The molecule has 0 heterocycles. The maximum Gasteiger partial charge on any atom is 0.220 e. The Morgan fingerprint density at radius 1 is 0.590 bits per heavy atom. The molecule has 0 aromatic heterocycles. The molecule has 3 unspecified atom stereocenters. The molecule has 0 saturated carbocycles. The zero-order chi connectivity index (χ0) is 28.8. The lowest BCUT2D eigenvalue weighted by atomic mass is 10.0. The molecule has 0 aromatic rings. The average molecular weight is 554 g/mol. The van der Waals surface area contributed by atoms with Gasteiger partial charge in [0.1, 0.15) is 0 Å². The molecule has 0 rings (SSSR count). The Kier molecular flexibility index (Phi) is 29.4. The molecule has 0 aliphatic heterocycles. The minimum atomic E-state index is -1.01. The van der Waals surface area contributed by atoms with Gasteiger partial charge in [0, 0.05) is 6.42 Å². The first kappa shape index (κ1) is 38.1. The first-order valence-electron chi connectivity index (χ1n) is 17.0. The SMILES string of the molecule is CCCCCCCCCCCCCCCC(=O)NC(CO)C(O)/C=C/C(O)CCCCCCCCCCCC. The molecule has 0 bridgehead atoms. The van der Waals surface area contributed by atoms with Crippen molar-refractivity contribution in [3.05, 3.63) is 12.2 Å². The second-order valence-corrected chi connectivity index (χ2v) is 11.8. The lowest BCUT2D eigenvalue weighted by Gasteiger charge is -2.20. The molecule has 0 fully saturated rings. The third-order valence-corrected chi connectivity index (χ3v) is 7.85. The van der Waals surface area contributed by atoms with Crippen molar-refractivity contribution in [2.24, 2.45) is 0 Å². The van der Waals surface area contributed by atoms with Crippen LogP contribution in [0.15, 0.2) is 12.2 Å². The molecule has 0 radical (unpaired) electrons. The summed E-state index contributed by atoms with van der Waals surface area (Å²) < 4.78 is 0. The molecule has 5 nitrogen and oxygen atoms in total. The maximum absolute atomic E-state index is 12.3. The highest BCUT2D eigenvalue weighted by Gasteiger charge is 2.18. The predicted molar refractivity (Wildman–Crippen MR) is 167 cm³/mol. The molecule has 0 aliphatic carbocycles. The van der Waals surface area contributed by atoms with Crippen LogP contribution in [-0.2, 0) is 4.79 Å². The standard InChI is InChI=1S/C34H67NO4/c1-3-5-7-9-11-13-15-16-17-19-21-23-25-27-34(39)35-32(30-36)33(38)29-28-31(37)26-24-22-20-18-14-12-10-8-6-4-2/h28-29,31-33,36-38H,3-27,30H2,1-2H3,(H,35,39)/b29-28+. The fraction of sp³-hybridized carbons (Fsp3) is 0.912. The number of amides is 1. The molecule has 0 aromatic carbocycles. The van der Waals surface area contributed by atoms with Crippen LogP contribution in [0.2, 0.25) is 0 Å². The van der Waals surface area contributed by atoms with Crippen molar-refractivity contribution < 1.29 is 20.1 Å². The minimum absolute atomic E-state index is 0.129. The van der Waals surface area contributed by atoms with Crippen molar-refractivity contribution in [1.29, 1.82) is 0 Å². The number of nitrogens with one attached hydrogen (secondary N) is 1. The number of hydrogen-bond acceptors (Lipinski definition) is 4. The number of aliphatic hydroxyl groups excluding tert-OH is 3. The van der Waals surface area contributed by atoms with Crippen molar-refractivity contribution >= 4 is 5.91 Å². The van der Waals surface area contributed by atoms with Gasteiger partial charge in [0.2, 0.25) is 5.91 Å². The van der Waals surface area contributed by atoms with Crippen LogP contribution in [0.1, 0.15) is 174 Å². The van der Waals surface area contributed by atoms with Gasteiger partial charge < -0.3 is 20.6 Å². The van der Waals surface area contributed by atoms with E-state index < -0.39 is 18.2 Å². The summed E-state index contributed by atoms with van der Waals surface area (Å²) in [6, 6.07) is -0.736. The summed E-state index contributed by atoms with van der Waals surface area (Å²) in [7, 11) is 0. The molecule has 3 atom stereocenters. The number of hydrogen-bond donors (Lipinski definition) is 4. The maximum atomic E-state index is 12.3. The molecule has 1 amide bonds. The molecular formula is C34H67NO4. The molecule has 4 N–H and O–H groups in total. The zero-order valence-corrected chi connectivity index (χ0v) is 26.0. The summed E-state index contributed by atoms with van der Waals surface area (Å²) in [5.74, 6) is -0.129. The van der Waals surface area contributed by atoms with Gasteiger partial charge in [-0.3, -0.25) is 4.79 Å². The van der Waals surface area contributed by atoms with Gasteiger partial charge in [-0.25, -0.2) is 0 Å². The fourth-order valence-electron chi connectivity index (χ4n) is 5.13. The number of carbonyl (C=O) groups is 1. The summed E-state index contributed by atoms with van der Waals surface area (Å²) in [5.41, 5.74) is 0. The van der Waals surface area contributed by atoms with Gasteiger partial charge in [-0.05, 0) is 12.8 Å². The van der Waals surface area contributed by atoms with E-state index in [4.69, 9.17) is 0 Å². The highest BCUT2D eigenvalue weighted by Crippen LogP contribution is 2.14. The van der Waals surface area contributed by atoms with Gasteiger partial charge >= 0.3 is 0 Å². The Bertz CT molecular complexity index is 539. The number of rotatable bonds is 30. The number of unbranched alkanes of at least 4 members (excludes halogenated alkanes) is 21. The summed E-state index contributed by atoms with van der Waals surface area (Å²) in [6.45, 7) is 4.18. The smallest absolute Gasteiger partial charge is 0.220 e. The van der Waals surface area contributed by atoms with Crippen LogP contribution in [0.25, 0.3) is 0 Å². The summed E-state index contributed by atoms with van der Waals surface area (Å²) in [5, 5.41) is 32.9. The minimum Gasteiger partial charge on any atom is -0.394 e.